The van der Waals surface area contributed by atoms with Gasteiger partial charge in [0.15, 0.2) is 0 Å². The highest BCUT2D eigenvalue weighted by Crippen LogP contribution is 2.57. The third-order valence-corrected chi connectivity index (χ3v) is 6.79. The van der Waals surface area contributed by atoms with Crippen molar-refractivity contribution in [1.82, 2.24) is 14.9 Å². The SMILES string of the molecule is CC(O)c1cccc(-c2cnc(N3CC4(CC4)c4ccc(C(=O)N(C)CCO)cc43)nc2)c1. The lowest BCUT2D eigenvalue weighted by Gasteiger charge is -2.20. The first-order chi connectivity index (χ1) is 15.9. The molecule has 1 fully saturated rings. The maximum atomic E-state index is 12.8. The van der Waals surface area contributed by atoms with Gasteiger partial charge in [0, 0.05) is 54.8 Å². The molecule has 1 spiro atoms. The van der Waals surface area contributed by atoms with E-state index < -0.39 is 6.10 Å². The highest BCUT2D eigenvalue weighted by atomic mass is 16.3. The number of carbonyl (C=O) groups is 1. The van der Waals surface area contributed by atoms with E-state index >= 15 is 0 Å². The average molecular weight is 445 g/mol. The topological polar surface area (TPSA) is 89.8 Å². The number of hydrogen-bond acceptors (Lipinski definition) is 6. The molecular formula is C26H28N4O3. The van der Waals surface area contributed by atoms with Gasteiger partial charge in [0.2, 0.25) is 5.95 Å². The van der Waals surface area contributed by atoms with Gasteiger partial charge in [-0.15, -0.1) is 0 Å². The molecule has 170 valence electrons. The number of likely N-dealkylation sites (N-methyl/N-ethyl adjacent to an activating group) is 1. The van der Waals surface area contributed by atoms with E-state index in [1.165, 1.54) is 10.5 Å². The molecule has 5 rings (SSSR count). The van der Waals surface area contributed by atoms with Gasteiger partial charge in [0.05, 0.1) is 12.7 Å². The van der Waals surface area contributed by atoms with Crippen LogP contribution in [0.4, 0.5) is 11.6 Å². The molecule has 1 saturated carbocycles. The highest BCUT2D eigenvalue weighted by Gasteiger charge is 2.52. The Balaban J connectivity index is 1.46. The zero-order chi connectivity index (χ0) is 23.2. The van der Waals surface area contributed by atoms with E-state index in [-0.39, 0.29) is 17.9 Å². The van der Waals surface area contributed by atoms with E-state index in [4.69, 9.17) is 0 Å². The van der Waals surface area contributed by atoms with Crippen LogP contribution in [0.15, 0.2) is 54.9 Å². The van der Waals surface area contributed by atoms with Crippen molar-refractivity contribution >= 4 is 17.5 Å². The van der Waals surface area contributed by atoms with Crippen molar-refractivity contribution in [2.24, 2.45) is 0 Å². The Morgan fingerprint density at radius 3 is 2.58 bits per heavy atom. The van der Waals surface area contributed by atoms with Crippen molar-refractivity contribution in [3.8, 4) is 11.1 Å². The molecule has 1 atom stereocenters. The van der Waals surface area contributed by atoms with Gasteiger partial charge in [-0.05, 0) is 54.7 Å². The number of carbonyl (C=O) groups excluding carboxylic acids is 1. The predicted molar refractivity (Wildman–Crippen MR) is 127 cm³/mol. The number of aromatic nitrogens is 2. The van der Waals surface area contributed by atoms with Gasteiger partial charge in [0.1, 0.15) is 0 Å². The molecule has 0 radical (unpaired) electrons. The number of fused-ring (bicyclic) bond motifs is 2. The van der Waals surface area contributed by atoms with Gasteiger partial charge in [-0.2, -0.15) is 0 Å². The minimum absolute atomic E-state index is 0.0667. The summed E-state index contributed by atoms with van der Waals surface area (Å²) in [5, 5.41) is 19.0. The summed E-state index contributed by atoms with van der Waals surface area (Å²) in [6.45, 7) is 2.79. The predicted octanol–water partition coefficient (Wildman–Crippen LogP) is 3.44. The summed E-state index contributed by atoms with van der Waals surface area (Å²) in [4.78, 5) is 25.8. The van der Waals surface area contributed by atoms with Crippen LogP contribution in [0.25, 0.3) is 11.1 Å². The average Bonchev–Trinajstić information content (AvgIpc) is 3.55. The van der Waals surface area contributed by atoms with Gasteiger partial charge in [-0.3, -0.25) is 4.79 Å². The second-order valence-electron chi connectivity index (χ2n) is 9.12. The number of hydrogen-bond donors (Lipinski definition) is 2. The summed E-state index contributed by atoms with van der Waals surface area (Å²) in [6, 6.07) is 13.6. The number of rotatable bonds is 6. The molecule has 2 aromatic carbocycles. The fourth-order valence-corrected chi connectivity index (χ4v) is 4.63. The molecule has 1 unspecified atom stereocenters. The van der Waals surface area contributed by atoms with Crippen molar-refractivity contribution in [1.29, 1.82) is 0 Å². The number of aliphatic hydroxyl groups excluding tert-OH is 2. The van der Waals surface area contributed by atoms with Crippen LogP contribution in [0, 0.1) is 0 Å². The summed E-state index contributed by atoms with van der Waals surface area (Å²) in [7, 11) is 1.69. The molecule has 1 aromatic heterocycles. The number of nitrogens with zero attached hydrogens (tertiary/aromatic N) is 4. The van der Waals surface area contributed by atoms with E-state index in [1.54, 1.807) is 14.0 Å². The smallest absolute Gasteiger partial charge is 0.253 e. The lowest BCUT2D eigenvalue weighted by molar-refractivity contribution is 0.0767. The third kappa shape index (κ3) is 3.87. The molecule has 7 heteroatoms. The standard InChI is InChI=1S/C26H28N4O3/c1-17(32)18-4-3-5-19(12-18)21-14-27-25(28-15-21)30-16-26(8-9-26)22-7-6-20(13-23(22)30)24(33)29(2)10-11-31/h3-7,12-15,17,31-32H,8-11,16H2,1-2H3. The van der Waals surface area contributed by atoms with E-state index in [2.05, 4.69) is 20.9 Å². The van der Waals surface area contributed by atoms with Crippen LogP contribution in [-0.2, 0) is 5.41 Å². The molecule has 0 bridgehead atoms. The molecule has 0 saturated heterocycles. The first kappa shape index (κ1) is 21.6. The molecule has 1 aliphatic heterocycles. The highest BCUT2D eigenvalue weighted by molar-refractivity contribution is 5.96. The van der Waals surface area contributed by atoms with Gasteiger partial charge < -0.3 is 20.0 Å². The summed E-state index contributed by atoms with van der Waals surface area (Å²) in [5.41, 5.74) is 5.65. The van der Waals surface area contributed by atoms with E-state index in [0.717, 1.165) is 41.8 Å². The molecule has 1 amide bonds. The summed E-state index contributed by atoms with van der Waals surface area (Å²) in [6.07, 6.45) is 5.34. The summed E-state index contributed by atoms with van der Waals surface area (Å²) in [5.74, 6) is 0.501. The van der Waals surface area contributed by atoms with Crippen molar-refractivity contribution in [2.45, 2.75) is 31.3 Å². The lowest BCUT2D eigenvalue weighted by atomic mass is 9.97. The monoisotopic (exact) mass is 444 g/mol. The first-order valence-corrected chi connectivity index (χ1v) is 11.3. The molecular weight excluding hydrogens is 416 g/mol. The van der Waals surface area contributed by atoms with E-state index in [0.29, 0.717) is 18.1 Å². The zero-order valence-corrected chi connectivity index (χ0v) is 18.9. The van der Waals surface area contributed by atoms with Gasteiger partial charge in [0.25, 0.3) is 5.91 Å². The fraction of sp³-hybridized carbons (Fsp3) is 0.346. The van der Waals surface area contributed by atoms with Gasteiger partial charge in [-0.25, -0.2) is 9.97 Å². The van der Waals surface area contributed by atoms with Crippen molar-refractivity contribution in [3.63, 3.8) is 0 Å². The van der Waals surface area contributed by atoms with Crippen LogP contribution in [-0.4, -0.2) is 57.7 Å². The largest absolute Gasteiger partial charge is 0.395 e. The second-order valence-corrected chi connectivity index (χ2v) is 9.12. The summed E-state index contributed by atoms with van der Waals surface area (Å²) >= 11 is 0. The van der Waals surface area contributed by atoms with E-state index in [1.807, 2.05) is 48.8 Å². The number of amides is 1. The first-order valence-electron chi connectivity index (χ1n) is 11.3. The molecule has 3 aromatic rings. The Morgan fingerprint density at radius 2 is 1.91 bits per heavy atom. The minimum atomic E-state index is -0.533. The van der Waals surface area contributed by atoms with Crippen LogP contribution in [0.1, 0.15) is 47.4 Å². The molecule has 1 aliphatic carbocycles. The number of aliphatic hydroxyl groups is 2. The van der Waals surface area contributed by atoms with Crippen molar-refractivity contribution in [3.05, 3.63) is 71.5 Å². The minimum Gasteiger partial charge on any atom is -0.395 e. The zero-order valence-electron chi connectivity index (χ0n) is 18.9. The Bertz CT molecular complexity index is 1190. The number of anilines is 2. The molecule has 2 heterocycles. The van der Waals surface area contributed by atoms with Crippen LogP contribution >= 0.6 is 0 Å². The summed E-state index contributed by atoms with van der Waals surface area (Å²) < 4.78 is 0. The Labute approximate surface area is 193 Å². The molecule has 2 N–H and O–H groups in total. The Hall–Kier alpha value is -3.29. The van der Waals surface area contributed by atoms with E-state index in [9.17, 15) is 15.0 Å². The van der Waals surface area contributed by atoms with Gasteiger partial charge in [-0.1, -0.05) is 24.3 Å². The van der Waals surface area contributed by atoms with Crippen molar-refractivity contribution < 1.29 is 15.0 Å². The molecule has 7 nitrogen and oxygen atoms in total. The molecule has 2 aliphatic rings. The van der Waals surface area contributed by atoms with Crippen molar-refractivity contribution in [2.75, 3.05) is 31.6 Å². The maximum Gasteiger partial charge on any atom is 0.253 e. The van der Waals surface area contributed by atoms with Gasteiger partial charge >= 0.3 is 0 Å². The normalized spacial score (nSPS) is 16.5. The Kier molecular flexibility index (Phi) is 5.38. The maximum absolute atomic E-state index is 12.8. The fourth-order valence-electron chi connectivity index (χ4n) is 4.63. The lowest BCUT2D eigenvalue weighted by Crippen LogP contribution is -2.29. The second kappa shape index (κ2) is 8.24. The van der Waals surface area contributed by atoms with Crippen LogP contribution in [0.2, 0.25) is 0 Å². The Morgan fingerprint density at radius 1 is 1.15 bits per heavy atom. The third-order valence-electron chi connectivity index (χ3n) is 6.79. The number of benzene rings is 2. The molecule has 33 heavy (non-hydrogen) atoms. The van der Waals surface area contributed by atoms with Crippen LogP contribution < -0.4 is 4.90 Å². The van der Waals surface area contributed by atoms with Crippen LogP contribution in [0.3, 0.4) is 0 Å². The van der Waals surface area contributed by atoms with Crippen LogP contribution in [0.5, 0.6) is 0 Å². The quantitative estimate of drug-likeness (QED) is 0.605.